The molecule has 0 saturated heterocycles. The van der Waals surface area contributed by atoms with Gasteiger partial charge in [0.25, 0.3) is 0 Å². The number of nitrogens with zero attached hydrogens (tertiary/aromatic N) is 3. The fourth-order valence-corrected chi connectivity index (χ4v) is 3.72. The molecule has 13 nitrogen and oxygen atoms in total. The van der Waals surface area contributed by atoms with Gasteiger partial charge in [0.1, 0.15) is 49.4 Å². The van der Waals surface area contributed by atoms with Gasteiger partial charge in [0.15, 0.2) is 29.0 Å². The summed E-state index contributed by atoms with van der Waals surface area (Å²) in [6.45, 7) is 2.76. The fourth-order valence-electron chi connectivity index (χ4n) is 3.72. The zero-order chi connectivity index (χ0) is 30.2. The van der Waals surface area contributed by atoms with Crippen LogP contribution in [0.4, 0.5) is 0 Å². The number of ether oxygens (including phenoxy) is 4. The van der Waals surface area contributed by atoms with Crippen LogP contribution in [0.15, 0.2) is 54.6 Å². The van der Waals surface area contributed by atoms with Crippen molar-refractivity contribution < 1.29 is 49.0 Å². The highest BCUT2D eigenvalue weighted by Gasteiger charge is 2.20. The standard InChI is InChI=1S/C29H27N3O10/c1-16(33)39-10-12-41-18-6-8-20(24(36)14-18)27-30-28(32-29(31-27)22-4-3-5-23(35)26(22)38)21-9-7-19(15-25(21)37)42-13-11-40-17(2)34/h3-9,14-15,35-38H,10-13H2,1-2H3. The molecule has 0 aliphatic heterocycles. The van der Waals surface area contributed by atoms with Crippen LogP contribution in [0, 0.1) is 0 Å². The van der Waals surface area contributed by atoms with E-state index in [-0.39, 0.29) is 72.1 Å². The number of rotatable bonds is 11. The molecule has 0 spiro atoms. The second-order valence-electron chi connectivity index (χ2n) is 8.71. The molecule has 4 N–H and O–H groups in total. The highest BCUT2D eigenvalue weighted by Crippen LogP contribution is 2.38. The number of phenols is 4. The minimum absolute atomic E-state index is 0.0113. The summed E-state index contributed by atoms with van der Waals surface area (Å²) in [5.41, 5.74) is 0.434. The van der Waals surface area contributed by atoms with Gasteiger partial charge in [0.2, 0.25) is 0 Å². The highest BCUT2D eigenvalue weighted by molar-refractivity contribution is 5.75. The van der Waals surface area contributed by atoms with Crippen molar-refractivity contribution in [2.45, 2.75) is 13.8 Å². The Bertz CT molecular complexity index is 1520. The van der Waals surface area contributed by atoms with Crippen LogP contribution in [0.3, 0.4) is 0 Å². The summed E-state index contributed by atoms with van der Waals surface area (Å²) in [5, 5.41) is 42.1. The van der Waals surface area contributed by atoms with Crippen molar-refractivity contribution in [1.82, 2.24) is 15.0 Å². The smallest absolute Gasteiger partial charge is 0.302 e. The number of carbonyl (C=O) groups is 2. The predicted octanol–water partition coefficient (Wildman–Crippen LogP) is 3.58. The number of aromatic hydroxyl groups is 4. The largest absolute Gasteiger partial charge is 0.507 e. The van der Waals surface area contributed by atoms with Crippen LogP contribution in [0.1, 0.15) is 13.8 Å². The minimum atomic E-state index is -0.470. The van der Waals surface area contributed by atoms with E-state index in [2.05, 4.69) is 15.0 Å². The second kappa shape index (κ2) is 13.2. The number of aromatic nitrogens is 3. The van der Waals surface area contributed by atoms with Crippen molar-refractivity contribution in [1.29, 1.82) is 0 Å². The lowest BCUT2D eigenvalue weighted by atomic mass is 10.1. The molecule has 0 saturated carbocycles. The molecule has 1 aromatic heterocycles. The highest BCUT2D eigenvalue weighted by atomic mass is 16.6. The zero-order valence-corrected chi connectivity index (χ0v) is 22.6. The molecule has 3 aromatic carbocycles. The van der Waals surface area contributed by atoms with Crippen molar-refractivity contribution in [3.8, 4) is 68.7 Å². The molecule has 0 fully saturated rings. The second-order valence-corrected chi connectivity index (χ2v) is 8.71. The molecule has 0 aliphatic carbocycles. The van der Waals surface area contributed by atoms with Gasteiger partial charge in [-0.05, 0) is 36.4 Å². The van der Waals surface area contributed by atoms with Gasteiger partial charge in [-0.25, -0.2) is 15.0 Å². The summed E-state index contributed by atoms with van der Waals surface area (Å²) in [6, 6.07) is 13.0. The van der Waals surface area contributed by atoms with E-state index in [9.17, 15) is 30.0 Å². The molecule has 218 valence electrons. The van der Waals surface area contributed by atoms with Gasteiger partial charge in [0.05, 0.1) is 16.7 Å². The maximum absolute atomic E-state index is 10.9. The maximum atomic E-state index is 10.9. The summed E-state index contributed by atoms with van der Waals surface area (Å²) < 4.78 is 20.6. The normalized spacial score (nSPS) is 10.6. The first-order valence-corrected chi connectivity index (χ1v) is 12.6. The van der Waals surface area contributed by atoms with E-state index < -0.39 is 23.4 Å². The van der Waals surface area contributed by atoms with Crippen LogP contribution >= 0.6 is 0 Å². The first-order valence-electron chi connectivity index (χ1n) is 12.6. The third-order valence-electron chi connectivity index (χ3n) is 5.63. The Morgan fingerprint density at radius 1 is 0.595 bits per heavy atom. The average molecular weight is 578 g/mol. The molecule has 0 bridgehead atoms. The van der Waals surface area contributed by atoms with Crippen molar-refractivity contribution in [2.24, 2.45) is 0 Å². The van der Waals surface area contributed by atoms with Crippen LogP contribution in [-0.4, -0.2) is 73.7 Å². The Balaban J connectivity index is 1.70. The molecule has 1 heterocycles. The van der Waals surface area contributed by atoms with Crippen molar-refractivity contribution in [3.05, 3.63) is 54.6 Å². The first-order chi connectivity index (χ1) is 20.1. The lowest BCUT2D eigenvalue weighted by Gasteiger charge is -2.13. The molecular formula is C29H27N3O10. The molecule has 0 aliphatic rings. The Kier molecular flexibility index (Phi) is 9.22. The minimum Gasteiger partial charge on any atom is -0.507 e. The number of esters is 2. The van der Waals surface area contributed by atoms with Gasteiger partial charge in [-0.1, -0.05) is 6.07 Å². The fraction of sp³-hybridized carbons (Fsp3) is 0.207. The Hall–Kier alpha value is -5.59. The van der Waals surface area contributed by atoms with Crippen LogP contribution < -0.4 is 9.47 Å². The summed E-state index contributed by atoms with van der Waals surface area (Å²) in [5.74, 6) is -1.72. The van der Waals surface area contributed by atoms with Crippen LogP contribution in [-0.2, 0) is 19.1 Å². The maximum Gasteiger partial charge on any atom is 0.302 e. The number of para-hydroxylation sites is 1. The van der Waals surface area contributed by atoms with E-state index >= 15 is 0 Å². The van der Waals surface area contributed by atoms with Crippen molar-refractivity contribution >= 4 is 11.9 Å². The molecule has 4 aromatic rings. The Morgan fingerprint density at radius 2 is 1.05 bits per heavy atom. The van der Waals surface area contributed by atoms with E-state index in [0.29, 0.717) is 11.5 Å². The average Bonchev–Trinajstić information content (AvgIpc) is 2.94. The number of benzene rings is 3. The van der Waals surface area contributed by atoms with Crippen LogP contribution in [0.5, 0.6) is 34.5 Å². The molecule has 13 heteroatoms. The number of hydrogen-bond donors (Lipinski definition) is 4. The summed E-state index contributed by atoms with van der Waals surface area (Å²) in [6.07, 6.45) is 0. The zero-order valence-electron chi connectivity index (χ0n) is 22.6. The van der Waals surface area contributed by atoms with Gasteiger partial charge in [-0.3, -0.25) is 9.59 Å². The third-order valence-corrected chi connectivity index (χ3v) is 5.63. The molecular weight excluding hydrogens is 550 g/mol. The quantitative estimate of drug-likeness (QED) is 0.115. The molecule has 42 heavy (non-hydrogen) atoms. The molecule has 4 rings (SSSR count). The molecule has 0 atom stereocenters. The van der Waals surface area contributed by atoms with Crippen molar-refractivity contribution in [2.75, 3.05) is 26.4 Å². The summed E-state index contributed by atoms with van der Waals surface area (Å²) in [4.78, 5) is 35.1. The van der Waals surface area contributed by atoms with E-state index in [0.717, 1.165) is 0 Å². The monoisotopic (exact) mass is 577 g/mol. The van der Waals surface area contributed by atoms with E-state index in [1.165, 1.54) is 56.3 Å². The number of carbonyl (C=O) groups excluding carboxylic acids is 2. The first kappa shape index (κ1) is 29.4. The molecule has 0 amide bonds. The van der Waals surface area contributed by atoms with Gasteiger partial charge in [-0.15, -0.1) is 0 Å². The van der Waals surface area contributed by atoms with Gasteiger partial charge in [0, 0.05) is 26.0 Å². The molecule has 0 unspecified atom stereocenters. The van der Waals surface area contributed by atoms with Crippen molar-refractivity contribution in [3.63, 3.8) is 0 Å². The van der Waals surface area contributed by atoms with E-state index in [1.807, 2.05) is 0 Å². The van der Waals surface area contributed by atoms with Gasteiger partial charge >= 0.3 is 11.9 Å². The summed E-state index contributed by atoms with van der Waals surface area (Å²) >= 11 is 0. The Morgan fingerprint density at radius 3 is 1.48 bits per heavy atom. The summed E-state index contributed by atoms with van der Waals surface area (Å²) in [7, 11) is 0. The lowest BCUT2D eigenvalue weighted by molar-refractivity contribution is -0.142. The van der Waals surface area contributed by atoms with Gasteiger partial charge < -0.3 is 39.4 Å². The van der Waals surface area contributed by atoms with E-state index in [4.69, 9.17) is 18.9 Å². The lowest BCUT2D eigenvalue weighted by Crippen LogP contribution is -2.09. The molecule has 0 radical (unpaired) electrons. The number of phenolic OH excluding ortho intramolecular Hbond substituents is 4. The Labute approximate surface area is 239 Å². The van der Waals surface area contributed by atoms with Gasteiger partial charge in [-0.2, -0.15) is 0 Å². The van der Waals surface area contributed by atoms with Crippen LogP contribution in [0.25, 0.3) is 34.2 Å². The van der Waals surface area contributed by atoms with E-state index in [1.54, 1.807) is 12.1 Å². The van der Waals surface area contributed by atoms with Crippen LogP contribution in [0.2, 0.25) is 0 Å². The number of hydrogen-bond acceptors (Lipinski definition) is 13. The SMILES string of the molecule is CC(=O)OCCOc1ccc(-c2nc(-c3ccc(OCCOC(C)=O)cc3O)nc(-c3cccc(O)c3O)n2)c(O)c1. The predicted molar refractivity (Wildman–Crippen MR) is 147 cm³/mol. The third kappa shape index (κ3) is 7.33. The topological polar surface area (TPSA) is 191 Å².